The highest BCUT2D eigenvalue weighted by atomic mass is 16.6. The van der Waals surface area contributed by atoms with Crippen LogP contribution in [-0.4, -0.2) is 49.4 Å². The predicted octanol–water partition coefficient (Wildman–Crippen LogP) is 4.55. The third-order valence-corrected chi connectivity index (χ3v) is 6.57. The minimum Gasteiger partial charge on any atom is -0.469 e. The molecule has 0 unspecified atom stereocenters. The molecule has 0 amide bonds. The zero-order valence-electron chi connectivity index (χ0n) is 20.1. The average molecular weight is 463 g/mol. The molecule has 0 heterocycles. The van der Waals surface area contributed by atoms with Crippen molar-refractivity contribution in [2.45, 2.75) is 89.3 Å². The Morgan fingerprint density at radius 2 is 1.55 bits per heavy atom. The first-order valence-electron chi connectivity index (χ1n) is 12.0. The second-order valence-electron chi connectivity index (χ2n) is 8.91. The van der Waals surface area contributed by atoms with Crippen LogP contribution in [0.4, 0.5) is 0 Å². The zero-order chi connectivity index (χ0) is 24.2. The first-order valence-corrected chi connectivity index (χ1v) is 12.0. The van der Waals surface area contributed by atoms with Crippen molar-refractivity contribution in [2.75, 3.05) is 14.2 Å². The van der Waals surface area contributed by atoms with Crippen LogP contribution in [0.5, 0.6) is 0 Å². The average Bonchev–Trinajstić information content (AvgIpc) is 2.84. The monoisotopic (exact) mass is 462 g/mol. The molecule has 2 rings (SSSR count). The van der Waals surface area contributed by atoms with Crippen molar-refractivity contribution in [3.8, 4) is 0 Å². The van der Waals surface area contributed by atoms with Gasteiger partial charge in [-0.15, -0.1) is 0 Å². The fraction of sp³-hybridized carbons (Fsp3) is 0.654. The number of hydrogen-bond donors (Lipinski definition) is 1. The Kier molecular flexibility index (Phi) is 11.4. The van der Waals surface area contributed by atoms with Gasteiger partial charge in [0.1, 0.15) is 12.2 Å². The summed E-state index contributed by atoms with van der Waals surface area (Å²) in [7, 11) is 2.39. The van der Waals surface area contributed by atoms with Gasteiger partial charge < -0.3 is 19.3 Å². The van der Waals surface area contributed by atoms with Crippen LogP contribution in [-0.2, 0) is 23.8 Å². The third kappa shape index (κ3) is 8.80. The number of rotatable bonds is 12. The summed E-state index contributed by atoms with van der Waals surface area (Å²) in [4.78, 5) is 35.8. The van der Waals surface area contributed by atoms with Crippen LogP contribution < -0.4 is 0 Å². The number of esters is 3. The van der Waals surface area contributed by atoms with Crippen molar-refractivity contribution in [3.05, 3.63) is 35.4 Å². The number of benzene rings is 1. The second kappa shape index (κ2) is 14.0. The highest BCUT2D eigenvalue weighted by Gasteiger charge is 2.29. The van der Waals surface area contributed by atoms with Crippen molar-refractivity contribution in [1.82, 2.24) is 0 Å². The fourth-order valence-corrected chi connectivity index (χ4v) is 4.45. The van der Waals surface area contributed by atoms with Gasteiger partial charge in [0.25, 0.3) is 0 Å². The molecule has 0 bridgehead atoms. The summed E-state index contributed by atoms with van der Waals surface area (Å²) in [6, 6.07) is 7.34. The fourth-order valence-electron chi connectivity index (χ4n) is 4.45. The number of ether oxygens (including phenoxy) is 3. The molecule has 0 aromatic heterocycles. The lowest BCUT2D eigenvalue weighted by Crippen LogP contribution is -2.35. The maximum atomic E-state index is 12.6. The molecule has 0 radical (unpaired) electrons. The van der Waals surface area contributed by atoms with Gasteiger partial charge in [-0.2, -0.15) is 0 Å². The van der Waals surface area contributed by atoms with Gasteiger partial charge in [0.2, 0.25) is 0 Å². The highest BCUT2D eigenvalue weighted by Crippen LogP contribution is 2.37. The van der Waals surface area contributed by atoms with Crippen LogP contribution >= 0.6 is 0 Å². The maximum Gasteiger partial charge on any atom is 0.338 e. The first-order chi connectivity index (χ1) is 15.9. The molecule has 0 spiro atoms. The number of carbonyl (C=O) groups excluding carboxylic acids is 3. The van der Waals surface area contributed by atoms with Crippen LogP contribution in [0.15, 0.2) is 24.3 Å². The number of methoxy groups -OCH3 is 2. The molecule has 1 aliphatic carbocycles. The van der Waals surface area contributed by atoms with Gasteiger partial charge >= 0.3 is 17.9 Å². The number of hydrogen-bond acceptors (Lipinski definition) is 7. The van der Waals surface area contributed by atoms with Crippen LogP contribution in [0, 0.1) is 5.92 Å². The summed E-state index contributed by atoms with van der Waals surface area (Å²) < 4.78 is 14.5. The predicted molar refractivity (Wildman–Crippen MR) is 124 cm³/mol. The van der Waals surface area contributed by atoms with Gasteiger partial charge in [0.05, 0.1) is 32.6 Å². The molecule has 1 fully saturated rings. The normalized spacial score (nSPS) is 19.9. The summed E-state index contributed by atoms with van der Waals surface area (Å²) in [6.45, 7) is 2.24. The molecule has 7 heteroatoms. The van der Waals surface area contributed by atoms with Gasteiger partial charge in [0.15, 0.2) is 0 Å². The summed E-state index contributed by atoms with van der Waals surface area (Å²) in [5.41, 5.74) is 1.54. The Bertz CT molecular complexity index is 750. The smallest absolute Gasteiger partial charge is 0.338 e. The Morgan fingerprint density at radius 1 is 0.939 bits per heavy atom. The van der Waals surface area contributed by atoms with Gasteiger partial charge in [-0.05, 0) is 55.2 Å². The van der Waals surface area contributed by atoms with Crippen molar-refractivity contribution in [2.24, 2.45) is 5.92 Å². The zero-order valence-corrected chi connectivity index (χ0v) is 20.1. The largest absolute Gasteiger partial charge is 0.469 e. The topological polar surface area (TPSA) is 99.1 Å². The van der Waals surface area contributed by atoms with Gasteiger partial charge in [-0.3, -0.25) is 9.59 Å². The molecule has 1 aliphatic rings. The summed E-state index contributed by atoms with van der Waals surface area (Å²) >= 11 is 0. The van der Waals surface area contributed by atoms with Gasteiger partial charge in [-0.1, -0.05) is 44.7 Å². The molecule has 33 heavy (non-hydrogen) atoms. The summed E-state index contributed by atoms with van der Waals surface area (Å²) in [5.74, 6) is -0.647. The molecule has 1 aromatic carbocycles. The standard InChI is InChI=1S/C26H38O7/c1-4-5-6-7-18-8-10-19(11-9-18)20-12-14-21(15-13-20)26(30)33-23(17-25(29)32-3)22(27)16-24(28)31-2/h12-15,18-19,22-23,27H,4-11,16-17H2,1-3H3/t18?,19?,22-,23-/m1/s1. The van der Waals surface area contributed by atoms with E-state index in [-0.39, 0.29) is 6.42 Å². The number of aliphatic hydroxyl groups excluding tert-OH is 1. The number of carbonyl (C=O) groups is 3. The molecule has 0 saturated heterocycles. The molecule has 1 saturated carbocycles. The third-order valence-electron chi connectivity index (χ3n) is 6.57. The van der Waals surface area contributed by atoms with E-state index in [0.29, 0.717) is 11.5 Å². The van der Waals surface area contributed by atoms with Crippen LogP contribution in [0.3, 0.4) is 0 Å². The minimum absolute atomic E-state index is 0.326. The molecule has 1 aromatic rings. The summed E-state index contributed by atoms with van der Waals surface area (Å²) in [5, 5.41) is 10.3. The van der Waals surface area contributed by atoms with E-state index in [1.165, 1.54) is 71.1 Å². The molecular formula is C26H38O7. The van der Waals surface area contributed by atoms with E-state index >= 15 is 0 Å². The van der Waals surface area contributed by atoms with E-state index in [4.69, 9.17) is 4.74 Å². The number of aliphatic hydroxyl groups is 1. The van der Waals surface area contributed by atoms with Gasteiger partial charge in [0, 0.05) is 0 Å². The molecular weight excluding hydrogens is 424 g/mol. The quantitative estimate of drug-likeness (QED) is 0.276. The Labute approximate surface area is 196 Å². The van der Waals surface area contributed by atoms with Crippen LogP contribution in [0.25, 0.3) is 0 Å². The van der Waals surface area contributed by atoms with E-state index < -0.39 is 36.5 Å². The van der Waals surface area contributed by atoms with E-state index in [0.717, 1.165) is 5.92 Å². The lowest BCUT2D eigenvalue weighted by molar-refractivity contribution is -0.150. The lowest BCUT2D eigenvalue weighted by atomic mass is 9.77. The van der Waals surface area contributed by atoms with Crippen LogP contribution in [0.2, 0.25) is 0 Å². The summed E-state index contributed by atoms with van der Waals surface area (Å²) in [6.07, 6.45) is 6.73. The van der Waals surface area contributed by atoms with E-state index in [9.17, 15) is 19.5 Å². The lowest BCUT2D eigenvalue weighted by Gasteiger charge is -2.29. The molecule has 1 N–H and O–H groups in total. The van der Waals surface area contributed by atoms with Crippen molar-refractivity contribution < 1.29 is 33.7 Å². The van der Waals surface area contributed by atoms with E-state index in [1.807, 2.05) is 12.1 Å². The molecule has 7 nitrogen and oxygen atoms in total. The van der Waals surface area contributed by atoms with Crippen molar-refractivity contribution in [3.63, 3.8) is 0 Å². The van der Waals surface area contributed by atoms with E-state index in [2.05, 4.69) is 16.4 Å². The second-order valence-corrected chi connectivity index (χ2v) is 8.91. The molecule has 2 atom stereocenters. The minimum atomic E-state index is -1.38. The van der Waals surface area contributed by atoms with Crippen LogP contribution in [0.1, 0.15) is 93.0 Å². The van der Waals surface area contributed by atoms with E-state index in [1.54, 1.807) is 12.1 Å². The molecule has 0 aliphatic heterocycles. The first kappa shape index (κ1) is 26.8. The number of unbranched alkanes of at least 4 members (excludes halogenated alkanes) is 2. The SMILES string of the molecule is CCCCCC1CCC(c2ccc(C(=O)O[C@H](CC(=O)OC)[C@H](O)CC(=O)OC)cc2)CC1. The highest BCUT2D eigenvalue weighted by molar-refractivity contribution is 5.89. The maximum absolute atomic E-state index is 12.6. The van der Waals surface area contributed by atoms with Crippen molar-refractivity contribution >= 4 is 17.9 Å². The molecule has 184 valence electrons. The Morgan fingerprint density at radius 3 is 2.12 bits per heavy atom. The van der Waals surface area contributed by atoms with Crippen molar-refractivity contribution in [1.29, 1.82) is 0 Å². The van der Waals surface area contributed by atoms with Gasteiger partial charge in [-0.25, -0.2) is 4.79 Å². The Hall–Kier alpha value is -2.41. The Balaban J connectivity index is 1.94.